The van der Waals surface area contributed by atoms with E-state index in [4.69, 9.17) is 16.3 Å². The molecule has 0 bridgehead atoms. The number of benzene rings is 1. The molecular formula is C19H20ClN4O3. The zero-order chi connectivity index (χ0) is 19.1. The van der Waals surface area contributed by atoms with Crippen molar-refractivity contribution in [1.82, 2.24) is 14.6 Å². The number of nitrogens with zero attached hydrogens (tertiary/aromatic N) is 3. The van der Waals surface area contributed by atoms with Gasteiger partial charge in [0.2, 0.25) is 0 Å². The van der Waals surface area contributed by atoms with E-state index < -0.39 is 12.2 Å². The fourth-order valence-corrected chi connectivity index (χ4v) is 3.64. The fraction of sp³-hybridized carbons (Fsp3) is 0.316. The number of rotatable bonds is 4. The largest absolute Gasteiger partial charge is 0.496 e. The molecule has 1 radical (unpaired) electrons. The van der Waals surface area contributed by atoms with Crippen LogP contribution in [0.4, 0.5) is 5.82 Å². The Balaban J connectivity index is 1.72. The van der Waals surface area contributed by atoms with Gasteiger partial charge >= 0.3 is 0 Å². The molecule has 0 spiro atoms. The second kappa shape index (κ2) is 6.99. The molecule has 4 atom stereocenters. The van der Waals surface area contributed by atoms with Crippen LogP contribution < -0.4 is 10.1 Å². The maximum atomic E-state index is 10.2. The Morgan fingerprint density at radius 3 is 2.78 bits per heavy atom. The number of aliphatic hydroxyl groups is 2. The Morgan fingerprint density at radius 2 is 2.07 bits per heavy atom. The average Bonchev–Trinajstić information content (AvgIpc) is 3.20. The van der Waals surface area contributed by atoms with Crippen molar-refractivity contribution in [2.45, 2.75) is 24.7 Å². The number of fused-ring (bicyclic) bond motifs is 1. The number of ether oxygens (including phenoxy) is 1. The molecular weight excluding hydrogens is 368 g/mol. The minimum absolute atomic E-state index is 0.223. The summed E-state index contributed by atoms with van der Waals surface area (Å²) >= 11 is 6.13. The van der Waals surface area contributed by atoms with Crippen molar-refractivity contribution in [1.29, 1.82) is 0 Å². The van der Waals surface area contributed by atoms with Crippen LogP contribution in [0.1, 0.15) is 6.42 Å². The number of methoxy groups -OCH3 is 1. The van der Waals surface area contributed by atoms with Gasteiger partial charge in [-0.25, -0.2) is 4.98 Å². The maximum Gasteiger partial charge on any atom is 0.157 e. The maximum absolute atomic E-state index is 10.2. The number of aliphatic hydroxyl groups excluding tert-OH is 2. The van der Waals surface area contributed by atoms with Gasteiger partial charge in [-0.05, 0) is 43.5 Å². The Bertz CT molecular complexity index is 977. The van der Waals surface area contributed by atoms with Gasteiger partial charge in [0.05, 0.1) is 24.9 Å². The number of aromatic nitrogens is 3. The average molecular weight is 388 g/mol. The number of nitrogens with one attached hydrogen (secondary N) is 1. The third-order valence-corrected chi connectivity index (χ3v) is 5.17. The van der Waals surface area contributed by atoms with E-state index in [1.807, 2.05) is 6.07 Å². The SMILES string of the molecule is [CH2][C@@H]1C[C@@H](Nc2ccnc3cc(-c4cc(Cl)ccc4OC)nn23)[C@H](O)[C@@H]1O. The van der Waals surface area contributed by atoms with Crippen molar-refractivity contribution < 1.29 is 14.9 Å². The zero-order valence-corrected chi connectivity index (χ0v) is 15.5. The lowest BCUT2D eigenvalue weighted by Crippen LogP contribution is -2.35. The molecule has 3 N–H and O–H groups in total. The van der Waals surface area contributed by atoms with Crippen LogP contribution in [0, 0.1) is 12.8 Å². The third kappa shape index (κ3) is 3.22. The summed E-state index contributed by atoms with van der Waals surface area (Å²) in [5.41, 5.74) is 2.06. The molecule has 2 heterocycles. The van der Waals surface area contributed by atoms with E-state index in [0.29, 0.717) is 34.4 Å². The van der Waals surface area contributed by atoms with Crippen molar-refractivity contribution in [3.8, 4) is 17.0 Å². The summed E-state index contributed by atoms with van der Waals surface area (Å²) in [5.74, 6) is 1.10. The Morgan fingerprint density at radius 1 is 1.26 bits per heavy atom. The van der Waals surface area contributed by atoms with E-state index in [0.717, 1.165) is 5.56 Å². The lowest BCUT2D eigenvalue weighted by molar-refractivity contribution is 0.0256. The quantitative estimate of drug-likeness (QED) is 0.636. The summed E-state index contributed by atoms with van der Waals surface area (Å²) < 4.78 is 7.07. The molecule has 141 valence electrons. The first kappa shape index (κ1) is 18.0. The van der Waals surface area contributed by atoms with Gasteiger partial charge < -0.3 is 20.3 Å². The van der Waals surface area contributed by atoms with Gasteiger partial charge in [-0.1, -0.05) is 11.6 Å². The molecule has 1 aromatic carbocycles. The summed E-state index contributed by atoms with van der Waals surface area (Å²) in [4.78, 5) is 4.35. The van der Waals surface area contributed by atoms with Gasteiger partial charge in [-0.2, -0.15) is 9.61 Å². The first-order valence-electron chi connectivity index (χ1n) is 8.62. The smallest absolute Gasteiger partial charge is 0.157 e. The van der Waals surface area contributed by atoms with E-state index in [-0.39, 0.29) is 12.0 Å². The van der Waals surface area contributed by atoms with E-state index in [1.165, 1.54) is 0 Å². The van der Waals surface area contributed by atoms with E-state index in [1.54, 1.807) is 42.1 Å². The number of hydrogen-bond acceptors (Lipinski definition) is 6. The van der Waals surface area contributed by atoms with Gasteiger partial charge in [0.25, 0.3) is 0 Å². The lowest BCUT2D eigenvalue weighted by atomic mass is 10.1. The first-order valence-corrected chi connectivity index (χ1v) is 9.00. The van der Waals surface area contributed by atoms with Gasteiger partial charge in [0.1, 0.15) is 17.7 Å². The van der Waals surface area contributed by atoms with Crippen LogP contribution in [0.3, 0.4) is 0 Å². The molecule has 0 aliphatic heterocycles. The Hall–Kier alpha value is -2.35. The minimum Gasteiger partial charge on any atom is -0.496 e. The number of hydrogen-bond donors (Lipinski definition) is 3. The van der Waals surface area contributed by atoms with Crippen LogP contribution in [-0.4, -0.2) is 50.2 Å². The Kier molecular flexibility index (Phi) is 4.67. The molecule has 1 aliphatic carbocycles. The molecule has 3 aromatic rings. The molecule has 1 aliphatic rings. The van der Waals surface area contributed by atoms with Crippen LogP contribution >= 0.6 is 11.6 Å². The van der Waals surface area contributed by atoms with Crippen molar-refractivity contribution >= 4 is 23.1 Å². The predicted molar refractivity (Wildman–Crippen MR) is 103 cm³/mol. The molecule has 7 nitrogen and oxygen atoms in total. The highest BCUT2D eigenvalue weighted by molar-refractivity contribution is 6.31. The van der Waals surface area contributed by atoms with Gasteiger partial charge in [0.15, 0.2) is 5.65 Å². The van der Waals surface area contributed by atoms with Crippen LogP contribution in [0.2, 0.25) is 5.02 Å². The number of anilines is 1. The van der Waals surface area contributed by atoms with Gasteiger partial charge in [-0.15, -0.1) is 0 Å². The molecule has 2 aromatic heterocycles. The number of halogens is 1. The van der Waals surface area contributed by atoms with Crippen LogP contribution in [0.5, 0.6) is 5.75 Å². The molecule has 8 heteroatoms. The standard InChI is InChI=1S/C19H20ClN4O3/c1-10-7-14(19(26)18(10)25)22-16-5-6-21-17-9-13(23-24(16)17)12-8-11(20)3-4-15(12)27-2/h3-6,8-10,14,18-19,22,25-26H,1,7H2,2H3/t10-,14-,18-,19+/m1/s1. The molecule has 1 saturated carbocycles. The van der Waals surface area contributed by atoms with Crippen molar-refractivity contribution in [2.24, 2.45) is 5.92 Å². The molecule has 0 unspecified atom stereocenters. The second-order valence-electron chi connectivity index (χ2n) is 6.70. The predicted octanol–water partition coefficient (Wildman–Crippen LogP) is 2.41. The fourth-order valence-electron chi connectivity index (χ4n) is 3.47. The molecule has 0 amide bonds. The monoisotopic (exact) mass is 387 g/mol. The van der Waals surface area contributed by atoms with Crippen molar-refractivity contribution in [3.05, 3.63) is 48.5 Å². The normalized spacial score (nSPS) is 25.1. The van der Waals surface area contributed by atoms with Crippen LogP contribution in [-0.2, 0) is 0 Å². The molecule has 27 heavy (non-hydrogen) atoms. The third-order valence-electron chi connectivity index (χ3n) is 4.93. The highest BCUT2D eigenvalue weighted by Crippen LogP contribution is 2.33. The molecule has 0 saturated heterocycles. The highest BCUT2D eigenvalue weighted by Gasteiger charge is 2.39. The van der Waals surface area contributed by atoms with E-state index in [9.17, 15) is 10.2 Å². The summed E-state index contributed by atoms with van der Waals surface area (Å²) in [6, 6.07) is 8.63. The topological polar surface area (TPSA) is 91.9 Å². The molecule has 1 fully saturated rings. The lowest BCUT2D eigenvalue weighted by Gasteiger charge is -2.19. The van der Waals surface area contributed by atoms with Crippen molar-refractivity contribution in [2.75, 3.05) is 12.4 Å². The van der Waals surface area contributed by atoms with E-state index in [2.05, 4.69) is 22.3 Å². The highest BCUT2D eigenvalue weighted by atomic mass is 35.5. The van der Waals surface area contributed by atoms with Crippen LogP contribution in [0.25, 0.3) is 16.9 Å². The van der Waals surface area contributed by atoms with Gasteiger partial charge in [-0.3, -0.25) is 0 Å². The summed E-state index contributed by atoms with van der Waals surface area (Å²) in [7, 11) is 1.59. The second-order valence-corrected chi connectivity index (χ2v) is 7.14. The first-order chi connectivity index (χ1) is 13.0. The molecule has 4 rings (SSSR count). The van der Waals surface area contributed by atoms with Gasteiger partial charge in [0, 0.05) is 22.8 Å². The zero-order valence-electron chi connectivity index (χ0n) is 14.7. The van der Waals surface area contributed by atoms with E-state index >= 15 is 0 Å². The Labute approximate surface area is 161 Å². The summed E-state index contributed by atoms with van der Waals surface area (Å²) in [6.45, 7) is 3.88. The summed E-state index contributed by atoms with van der Waals surface area (Å²) in [5, 5.41) is 28.6. The van der Waals surface area contributed by atoms with Crippen LogP contribution in [0.15, 0.2) is 36.5 Å². The summed E-state index contributed by atoms with van der Waals surface area (Å²) in [6.07, 6.45) is 0.489. The van der Waals surface area contributed by atoms with Crippen molar-refractivity contribution in [3.63, 3.8) is 0 Å². The minimum atomic E-state index is -0.890.